The van der Waals surface area contributed by atoms with Gasteiger partial charge in [-0.25, -0.2) is 4.79 Å². The molecule has 1 heterocycles. The molecule has 1 aliphatic rings. The third-order valence-electron chi connectivity index (χ3n) is 5.39. The smallest absolute Gasteiger partial charge is 0.341 e. The Bertz CT molecular complexity index is 932. The zero-order valence-electron chi connectivity index (χ0n) is 18.5. The number of carbonyl (C=O) groups is 2. The Morgan fingerprint density at radius 3 is 2.77 bits per heavy atom. The van der Waals surface area contributed by atoms with Crippen LogP contribution in [-0.4, -0.2) is 25.1 Å². The number of ether oxygens (including phenoxy) is 2. The Kier molecular flexibility index (Phi) is 7.19. The Labute approximate surface area is 182 Å². The normalized spacial score (nSPS) is 15.6. The first kappa shape index (κ1) is 22.3. The quantitative estimate of drug-likeness (QED) is 0.590. The molecule has 0 spiro atoms. The van der Waals surface area contributed by atoms with E-state index in [1.54, 1.807) is 6.92 Å². The van der Waals surface area contributed by atoms with Crippen molar-refractivity contribution in [3.05, 3.63) is 45.3 Å². The fraction of sp³-hybridized carbons (Fsp3) is 0.500. The van der Waals surface area contributed by atoms with Crippen molar-refractivity contribution in [1.82, 2.24) is 0 Å². The Hall–Kier alpha value is -2.34. The van der Waals surface area contributed by atoms with E-state index < -0.39 is 0 Å². The maximum atomic E-state index is 12.7. The van der Waals surface area contributed by atoms with Gasteiger partial charge < -0.3 is 14.8 Å². The lowest BCUT2D eigenvalue weighted by Gasteiger charge is -2.18. The first-order valence-electron chi connectivity index (χ1n) is 10.6. The van der Waals surface area contributed by atoms with E-state index in [4.69, 9.17) is 9.47 Å². The second kappa shape index (κ2) is 9.65. The predicted octanol–water partition coefficient (Wildman–Crippen LogP) is 5.50. The SMILES string of the molecule is CCOC(=O)c1c(NC(=O)COc2cc(C)ccc2C(C)C)sc2c1CC[C@@H](C)C2. The van der Waals surface area contributed by atoms with Crippen molar-refractivity contribution in [2.75, 3.05) is 18.5 Å². The molecule has 1 N–H and O–H groups in total. The van der Waals surface area contributed by atoms with E-state index in [1.807, 2.05) is 25.1 Å². The second-order valence-electron chi connectivity index (χ2n) is 8.31. The molecule has 2 aromatic rings. The van der Waals surface area contributed by atoms with Crippen molar-refractivity contribution < 1.29 is 19.1 Å². The standard InChI is InChI=1S/C24H31NO4S/c1-6-28-24(27)22-18-10-8-16(5)12-20(18)30-23(22)25-21(26)13-29-19-11-15(4)7-9-17(19)14(2)3/h7,9,11,14,16H,6,8,10,12-13H2,1-5H3,(H,25,26)/t16-/m1/s1. The van der Waals surface area contributed by atoms with Gasteiger partial charge in [-0.15, -0.1) is 11.3 Å². The summed E-state index contributed by atoms with van der Waals surface area (Å²) in [4.78, 5) is 26.5. The molecular formula is C24H31NO4S. The molecule has 0 bridgehead atoms. The van der Waals surface area contributed by atoms with Gasteiger partial charge in [0, 0.05) is 4.88 Å². The first-order chi connectivity index (χ1) is 14.3. The van der Waals surface area contributed by atoms with Crippen LogP contribution in [0.15, 0.2) is 18.2 Å². The van der Waals surface area contributed by atoms with E-state index in [-0.39, 0.29) is 18.5 Å². The van der Waals surface area contributed by atoms with E-state index in [0.29, 0.717) is 29.0 Å². The molecule has 1 aromatic heterocycles. The minimum absolute atomic E-state index is 0.107. The van der Waals surface area contributed by atoms with Crippen molar-refractivity contribution in [2.24, 2.45) is 5.92 Å². The van der Waals surface area contributed by atoms with Gasteiger partial charge in [-0.2, -0.15) is 0 Å². The molecule has 0 radical (unpaired) electrons. The third kappa shape index (κ3) is 5.04. The van der Waals surface area contributed by atoms with Crippen LogP contribution in [-0.2, 0) is 22.4 Å². The molecular weight excluding hydrogens is 398 g/mol. The third-order valence-corrected chi connectivity index (χ3v) is 6.56. The fourth-order valence-electron chi connectivity index (χ4n) is 3.81. The summed E-state index contributed by atoms with van der Waals surface area (Å²) < 4.78 is 11.1. The molecule has 30 heavy (non-hydrogen) atoms. The molecule has 1 amide bonds. The molecule has 3 rings (SSSR count). The molecule has 162 valence electrons. The van der Waals surface area contributed by atoms with Crippen LogP contribution in [0.3, 0.4) is 0 Å². The maximum Gasteiger partial charge on any atom is 0.341 e. The Morgan fingerprint density at radius 1 is 1.30 bits per heavy atom. The minimum atomic E-state index is -0.360. The predicted molar refractivity (Wildman–Crippen MR) is 121 cm³/mol. The number of esters is 1. The lowest BCUT2D eigenvalue weighted by molar-refractivity contribution is -0.118. The number of rotatable bonds is 7. The molecule has 0 saturated heterocycles. The van der Waals surface area contributed by atoms with Crippen molar-refractivity contribution in [3.63, 3.8) is 0 Å². The summed E-state index contributed by atoms with van der Waals surface area (Å²) in [5.74, 6) is 0.967. The van der Waals surface area contributed by atoms with Crippen molar-refractivity contribution in [2.45, 2.75) is 59.8 Å². The summed E-state index contributed by atoms with van der Waals surface area (Å²) in [6.07, 6.45) is 2.81. The van der Waals surface area contributed by atoms with Crippen molar-refractivity contribution in [1.29, 1.82) is 0 Å². The van der Waals surface area contributed by atoms with Crippen LogP contribution in [0, 0.1) is 12.8 Å². The minimum Gasteiger partial charge on any atom is -0.483 e. The summed E-state index contributed by atoms with van der Waals surface area (Å²) >= 11 is 1.49. The number of thiophene rings is 1. The van der Waals surface area contributed by atoms with Crippen LogP contribution in [0.4, 0.5) is 5.00 Å². The van der Waals surface area contributed by atoms with Gasteiger partial charge in [0.1, 0.15) is 10.8 Å². The highest BCUT2D eigenvalue weighted by Gasteiger charge is 2.29. The fourth-order valence-corrected chi connectivity index (χ4v) is 5.22. The van der Waals surface area contributed by atoms with E-state index in [1.165, 1.54) is 16.2 Å². The molecule has 0 saturated carbocycles. The second-order valence-corrected chi connectivity index (χ2v) is 9.41. The van der Waals surface area contributed by atoms with Crippen LogP contribution < -0.4 is 10.1 Å². The summed E-state index contributed by atoms with van der Waals surface area (Å²) in [6, 6.07) is 6.05. The van der Waals surface area contributed by atoms with Crippen LogP contribution in [0.1, 0.15) is 72.0 Å². The van der Waals surface area contributed by atoms with Crippen LogP contribution in [0.25, 0.3) is 0 Å². The maximum absolute atomic E-state index is 12.7. The molecule has 5 nitrogen and oxygen atoms in total. The molecule has 0 unspecified atom stereocenters. The number of carbonyl (C=O) groups excluding carboxylic acids is 2. The van der Waals surface area contributed by atoms with E-state index in [9.17, 15) is 9.59 Å². The van der Waals surface area contributed by atoms with E-state index in [2.05, 4.69) is 26.1 Å². The largest absolute Gasteiger partial charge is 0.483 e. The first-order valence-corrected chi connectivity index (χ1v) is 11.5. The highest BCUT2D eigenvalue weighted by molar-refractivity contribution is 7.17. The van der Waals surface area contributed by atoms with Crippen molar-refractivity contribution >= 4 is 28.2 Å². The van der Waals surface area contributed by atoms with Gasteiger partial charge >= 0.3 is 5.97 Å². The number of fused-ring (bicyclic) bond motifs is 1. The van der Waals surface area contributed by atoms with Gasteiger partial charge in [0.25, 0.3) is 5.91 Å². The Balaban J connectivity index is 1.77. The number of anilines is 1. The van der Waals surface area contributed by atoms with E-state index in [0.717, 1.165) is 41.7 Å². The number of hydrogen-bond acceptors (Lipinski definition) is 5. The van der Waals surface area contributed by atoms with Crippen molar-refractivity contribution in [3.8, 4) is 5.75 Å². The van der Waals surface area contributed by atoms with Crippen LogP contribution in [0.5, 0.6) is 5.75 Å². The number of hydrogen-bond donors (Lipinski definition) is 1. The number of benzene rings is 1. The number of aryl methyl sites for hydroxylation is 1. The molecule has 0 fully saturated rings. The summed E-state index contributed by atoms with van der Waals surface area (Å²) in [5, 5.41) is 3.49. The van der Waals surface area contributed by atoms with Crippen LogP contribution in [0.2, 0.25) is 0 Å². The monoisotopic (exact) mass is 429 g/mol. The number of amides is 1. The number of nitrogens with one attached hydrogen (secondary N) is 1. The Morgan fingerprint density at radius 2 is 2.07 bits per heavy atom. The van der Waals surface area contributed by atoms with Gasteiger partial charge in [-0.05, 0) is 67.7 Å². The van der Waals surface area contributed by atoms with Gasteiger partial charge in [0.2, 0.25) is 0 Å². The van der Waals surface area contributed by atoms with Gasteiger partial charge in [0.05, 0.1) is 12.2 Å². The highest BCUT2D eigenvalue weighted by atomic mass is 32.1. The average molecular weight is 430 g/mol. The van der Waals surface area contributed by atoms with Gasteiger partial charge in [-0.3, -0.25) is 4.79 Å². The van der Waals surface area contributed by atoms with E-state index >= 15 is 0 Å². The molecule has 1 aromatic carbocycles. The van der Waals surface area contributed by atoms with Crippen LogP contribution >= 0.6 is 11.3 Å². The average Bonchev–Trinajstić information content (AvgIpc) is 3.03. The lowest BCUT2D eigenvalue weighted by atomic mass is 9.88. The van der Waals surface area contributed by atoms with Gasteiger partial charge in [0.15, 0.2) is 6.61 Å². The highest BCUT2D eigenvalue weighted by Crippen LogP contribution is 2.40. The molecule has 1 atom stereocenters. The molecule has 1 aliphatic carbocycles. The summed E-state index contributed by atoms with van der Waals surface area (Å²) in [7, 11) is 0. The zero-order chi connectivity index (χ0) is 21.8. The topological polar surface area (TPSA) is 64.6 Å². The summed E-state index contributed by atoms with van der Waals surface area (Å²) in [5.41, 5.74) is 3.71. The van der Waals surface area contributed by atoms with Gasteiger partial charge in [-0.1, -0.05) is 32.9 Å². The molecule has 6 heteroatoms. The lowest BCUT2D eigenvalue weighted by Crippen LogP contribution is -2.22. The zero-order valence-corrected chi connectivity index (χ0v) is 19.3. The summed E-state index contributed by atoms with van der Waals surface area (Å²) in [6.45, 7) is 10.4. The molecule has 0 aliphatic heterocycles.